The molecule has 0 spiro atoms. The van der Waals surface area contributed by atoms with Crippen LogP contribution >= 0.6 is 0 Å². The van der Waals surface area contributed by atoms with Crippen molar-refractivity contribution in [3.8, 4) is 0 Å². The van der Waals surface area contributed by atoms with Crippen LogP contribution in [0, 0.1) is 5.41 Å². The van der Waals surface area contributed by atoms with Crippen LogP contribution < -0.4 is 10.6 Å². The molecule has 4 nitrogen and oxygen atoms in total. The van der Waals surface area contributed by atoms with Crippen molar-refractivity contribution in [2.45, 2.75) is 52.1 Å². The second-order valence-corrected chi connectivity index (χ2v) is 5.77. The van der Waals surface area contributed by atoms with Gasteiger partial charge in [0.1, 0.15) is 0 Å². The Bertz CT molecular complexity index is 258. The van der Waals surface area contributed by atoms with Crippen LogP contribution in [-0.2, 0) is 4.79 Å². The van der Waals surface area contributed by atoms with Crippen LogP contribution in [0.15, 0.2) is 0 Å². The molecule has 0 radical (unpaired) electrons. The van der Waals surface area contributed by atoms with Gasteiger partial charge in [0.05, 0.1) is 11.0 Å². The molecule has 1 amide bonds. The molecule has 0 aromatic rings. The summed E-state index contributed by atoms with van der Waals surface area (Å²) in [5.74, 6) is 0.0566. The average Bonchev–Trinajstić information content (AvgIpc) is 2.27. The number of aliphatic hydroxyl groups is 1. The number of piperidine rings is 1. The van der Waals surface area contributed by atoms with Gasteiger partial charge in [-0.05, 0) is 39.7 Å². The third kappa shape index (κ3) is 4.28. The molecular formula is C13H26N2O2. The largest absolute Gasteiger partial charge is 0.388 e. The molecule has 4 heteroatoms. The minimum atomic E-state index is -0.789. The fraction of sp³-hybridized carbons (Fsp3) is 0.923. The Hall–Kier alpha value is -0.610. The summed E-state index contributed by atoms with van der Waals surface area (Å²) in [4.78, 5) is 12.1. The molecule has 1 heterocycles. The normalized spacial score (nSPS) is 28.5. The molecule has 0 aromatic carbocycles. The van der Waals surface area contributed by atoms with Crippen molar-refractivity contribution >= 4 is 5.91 Å². The van der Waals surface area contributed by atoms with Gasteiger partial charge in [0.25, 0.3) is 0 Å². The second-order valence-electron chi connectivity index (χ2n) is 5.77. The molecule has 2 unspecified atom stereocenters. The summed E-state index contributed by atoms with van der Waals surface area (Å²) < 4.78 is 0. The topological polar surface area (TPSA) is 61.4 Å². The van der Waals surface area contributed by atoms with Gasteiger partial charge in [-0.3, -0.25) is 4.79 Å². The Kier molecular flexibility index (Phi) is 4.95. The van der Waals surface area contributed by atoms with E-state index in [2.05, 4.69) is 10.6 Å². The standard InChI is InChI=1S/C13H26N2O2/c1-4-6-13(3,17)10-15-11(16)12(2)7-5-8-14-9-12/h14,17H,4-10H2,1-3H3,(H,15,16). The molecule has 2 atom stereocenters. The van der Waals surface area contributed by atoms with Crippen molar-refractivity contribution in [1.82, 2.24) is 10.6 Å². The number of carbonyl (C=O) groups excluding carboxylic acids is 1. The van der Waals surface area contributed by atoms with Gasteiger partial charge < -0.3 is 15.7 Å². The first-order chi connectivity index (χ1) is 7.90. The van der Waals surface area contributed by atoms with Crippen LogP contribution in [0.4, 0.5) is 0 Å². The minimum Gasteiger partial charge on any atom is -0.388 e. The van der Waals surface area contributed by atoms with Crippen molar-refractivity contribution in [2.24, 2.45) is 5.41 Å². The summed E-state index contributed by atoms with van der Waals surface area (Å²) in [5, 5.41) is 16.2. The molecule has 1 aliphatic heterocycles. The van der Waals surface area contributed by atoms with Gasteiger partial charge >= 0.3 is 0 Å². The lowest BCUT2D eigenvalue weighted by Crippen LogP contribution is -2.51. The van der Waals surface area contributed by atoms with Crippen LogP contribution in [0.25, 0.3) is 0 Å². The van der Waals surface area contributed by atoms with Gasteiger partial charge in [-0.25, -0.2) is 0 Å². The van der Waals surface area contributed by atoms with Gasteiger partial charge in [0, 0.05) is 13.1 Å². The summed E-state index contributed by atoms with van der Waals surface area (Å²) in [5.41, 5.74) is -1.11. The van der Waals surface area contributed by atoms with E-state index < -0.39 is 5.60 Å². The van der Waals surface area contributed by atoms with Crippen LogP contribution in [0.5, 0.6) is 0 Å². The lowest BCUT2D eigenvalue weighted by atomic mass is 9.81. The highest BCUT2D eigenvalue weighted by Gasteiger charge is 2.35. The number of amides is 1. The smallest absolute Gasteiger partial charge is 0.227 e. The van der Waals surface area contributed by atoms with E-state index >= 15 is 0 Å². The van der Waals surface area contributed by atoms with E-state index in [1.165, 1.54) is 0 Å². The van der Waals surface area contributed by atoms with E-state index in [0.717, 1.165) is 32.4 Å². The van der Waals surface area contributed by atoms with Crippen molar-refractivity contribution in [1.29, 1.82) is 0 Å². The number of carbonyl (C=O) groups is 1. The molecule has 1 saturated heterocycles. The quantitative estimate of drug-likeness (QED) is 0.675. The van der Waals surface area contributed by atoms with E-state index in [4.69, 9.17) is 0 Å². The molecule has 17 heavy (non-hydrogen) atoms. The van der Waals surface area contributed by atoms with Gasteiger partial charge in [-0.1, -0.05) is 13.3 Å². The lowest BCUT2D eigenvalue weighted by Gasteiger charge is -2.34. The van der Waals surface area contributed by atoms with Gasteiger partial charge in [0.15, 0.2) is 0 Å². The monoisotopic (exact) mass is 242 g/mol. The van der Waals surface area contributed by atoms with E-state index in [1.807, 2.05) is 13.8 Å². The Morgan fingerprint density at radius 1 is 1.59 bits per heavy atom. The highest BCUT2D eigenvalue weighted by molar-refractivity contribution is 5.82. The number of hydrogen-bond donors (Lipinski definition) is 3. The molecule has 100 valence electrons. The zero-order valence-corrected chi connectivity index (χ0v) is 11.3. The Labute approximate surface area is 104 Å². The Morgan fingerprint density at radius 2 is 2.29 bits per heavy atom. The molecule has 3 N–H and O–H groups in total. The molecule has 1 aliphatic rings. The highest BCUT2D eigenvalue weighted by atomic mass is 16.3. The Morgan fingerprint density at radius 3 is 2.82 bits per heavy atom. The summed E-state index contributed by atoms with van der Waals surface area (Å²) in [7, 11) is 0. The van der Waals surface area contributed by atoms with Crippen LogP contribution in [0.1, 0.15) is 46.5 Å². The van der Waals surface area contributed by atoms with Crippen LogP contribution in [0.2, 0.25) is 0 Å². The summed E-state index contributed by atoms with van der Waals surface area (Å²) in [6.07, 6.45) is 3.58. The van der Waals surface area contributed by atoms with Crippen molar-refractivity contribution < 1.29 is 9.90 Å². The maximum absolute atomic E-state index is 12.1. The SMILES string of the molecule is CCCC(C)(O)CNC(=O)C1(C)CCCNC1. The van der Waals surface area contributed by atoms with Gasteiger partial charge in [0.2, 0.25) is 5.91 Å². The first-order valence-corrected chi connectivity index (χ1v) is 6.61. The molecule has 0 bridgehead atoms. The molecule has 0 saturated carbocycles. The average molecular weight is 242 g/mol. The molecule has 1 rings (SSSR count). The molecule has 1 fully saturated rings. The maximum Gasteiger partial charge on any atom is 0.227 e. The van der Waals surface area contributed by atoms with E-state index in [1.54, 1.807) is 6.92 Å². The predicted octanol–water partition coefficient (Wildman–Crippen LogP) is 1.04. The lowest BCUT2D eigenvalue weighted by molar-refractivity contribution is -0.132. The first kappa shape index (κ1) is 14.5. The number of rotatable bonds is 5. The van der Waals surface area contributed by atoms with E-state index in [0.29, 0.717) is 13.0 Å². The number of nitrogens with one attached hydrogen (secondary N) is 2. The van der Waals surface area contributed by atoms with Gasteiger partial charge in [-0.2, -0.15) is 0 Å². The summed E-state index contributed by atoms with van der Waals surface area (Å²) >= 11 is 0. The fourth-order valence-corrected chi connectivity index (χ4v) is 2.36. The second kappa shape index (κ2) is 5.83. The van der Waals surface area contributed by atoms with Crippen LogP contribution in [-0.4, -0.2) is 36.2 Å². The van der Waals surface area contributed by atoms with E-state index in [-0.39, 0.29) is 11.3 Å². The maximum atomic E-state index is 12.1. The summed E-state index contributed by atoms with van der Waals surface area (Å²) in [6, 6.07) is 0. The zero-order valence-electron chi connectivity index (χ0n) is 11.3. The molecule has 0 aromatic heterocycles. The Balaban J connectivity index is 2.43. The number of hydrogen-bond acceptors (Lipinski definition) is 3. The van der Waals surface area contributed by atoms with Crippen molar-refractivity contribution in [3.05, 3.63) is 0 Å². The predicted molar refractivity (Wildman–Crippen MR) is 68.8 cm³/mol. The first-order valence-electron chi connectivity index (χ1n) is 6.61. The zero-order chi connectivity index (χ0) is 12.9. The third-order valence-electron chi connectivity index (χ3n) is 3.56. The van der Waals surface area contributed by atoms with Crippen molar-refractivity contribution in [2.75, 3.05) is 19.6 Å². The fourth-order valence-electron chi connectivity index (χ4n) is 2.36. The molecule has 0 aliphatic carbocycles. The van der Waals surface area contributed by atoms with Crippen molar-refractivity contribution in [3.63, 3.8) is 0 Å². The van der Waals surface area contributed by atoms with Gasteiger partial charge in [-0.15, -0.1) is 0 Å². The highest BCUT2D eigenvalue weighted by Crippen LogP contribution is 2.25. The molecular weight excluding hydrogens is 216 g/mol. The van der Waals surface area contributed by atoms with E-state index in [9.17, 15) is 9.90 Å². The third-order valence-corrected chi connectivity index (χ3v) is 3.56. The minimum absolute atomic E-state index is 0.0566. The van der Waals surface area contributed by atoms with Crippen LogP contribution in [0.3, 0.4) is 0 Å². The summed E-state index contributed by atoms with van der Waals surface area (Å²) in [6.45, 7) is 7.87.